The first-order valence-corrected chi connectivity index (χ1v) is 11.5. The predicted molar refractivity (Wildman–Crippen MR) is 136 cm³/mol. The van der Waals surface area contributed by atoms with Crippen LogP contribution in [0.4, 0.5) is 0 Å². The van der Waals surface area contributed by atoms with Gasteiger partial charge >= 0.3 is 5.97 Å². The first-order chi connectivity index (χ1) is 17.1. The van der Waals surface area contributed by atoms with Crippen molar-refractivity contribution in [3.8, 4) is 23.0 Å². The fourth-order valence-electron chi connectivity index (χ4n) is 3.98. The Kier molecular flexibility index (Phi) is 8.42. The zero-order valence-corrected chi connectivity index (χ0v) is 20.7. The van der Waals surface area contributed by atoms with Crippen LogP contribution in [0.1, 0.15) is 41.6 Å². The summed E-state index contributed by atoms with van der Waals surface area (Å²) in [6.45, 7) is 8.01. The number of pyridine rings is 1. The van der Waals surface area contributed by atoms with Crippen molar-refractivity contribution in [2.75, 3.05) is 13.7 Å². The predicted octanol–water partition coefficient (Wildman–Crippen LogP) is 4.17. The van der Waals surface area contributed by atoms with Crippen molar-refractivity contribution in [2.45, 2.75) is 39.2 Å². The minimum Gasteiger partial charge on any atom is -0.507 e. The molecule has 3 N–H and O–H groups in total. The average Bonchev–Trinajstić information content (AvgIpc) is 2.84. The zero-order chi connectivity index (χ0) is 26.4. The fourth-order valence-corrected chi connectivity index (χ4v) is 3.98. The van der Waals surface area contributed by atoms with E-state index >= 15 is 0 Å². The molecule has 1 atom stereocenters. The molecule has 1 aromatic heterocycles. The fraction of sp³-hybridized carbons (Fsp3) is 0.286. The molecular weight excluding hydrogens is 462 g/mol. The molecule has 2 aromatic carbocycles. The van der Waals surface area contributed by atoms with E-state index in [4.69, 9.17) is 9.47 Å². The van der Waals surface area contributed by atoms with Gasteiger partial charge in [0.2, 0.25) is 0 Å². The van der Waals surface area contributed by atoms with Crippen molar-refractivity contribution in [3.63, 3.8) is 0 Å². The van der Waals surface area contributed by atoms with Crippen molar-refractivity contribution in [2.24, 2.45) is 0 Å². The van der Waals surface area contributed by atoms with Gasteiger partial charge in [-0.15, -0.1) is 0 Å². The molecule has 0 aliphatic rings. The number of rotatable bonds is 10. The minimum absolute atomic E-state index is 0.0927. The van der Waals surface area contributed by atoms with Crippen LogP contribution in [-0.4, -0.2) is 39.6 Å². The molecule has 3 aromatic rings. The summed E-state index contributed by atoms with van der Waals surface area (Å²) in [5, 5.41) is 30.1. The number of benzene rings is 2. The lowest BCUT2D eigenvalue weighted by molar-refractivity contribution is -0.140. The van der Waals surface area contributed by atoms with Gasteiger partial charge in [-0.05, 0) is 67.3 Å². The Labute approximate surface area is 209 Å². The molecule has 0 amide bonds. The molecule has 0 radical (unpaired) electrons. The van der Waals surface area contributed by atoms with Crippen molar-refractivity contribution >= 4 is 5.97 Å². The third-order valence-corrected chi connectivity index (χ3v) is 5.90. The van der Waals surface area contributed by atoms with Gasteiger partial charge in [0.1, 0.15) is 18.1 Å². The van der Waals surface area contributed by atoms with Gasteiger partial charge < -0.3 is 29.4 Å². The Morgan fingerprint density at radius 3 is 2.33 bits per heavy atom. The molecule has 8 heteroatoms. The minimum atomic E-state index is -0.746. The van der Waals surface area contributed by atoms with Crippen LogP contribution < -0.4 is 10.3 Å². The molecule has 1 heterocycles. The summed E-state index contributed by atoms with van der Waals surface area (Å²) in [6.07, 6.45) is 0.259. The van der Waals surface area contributed by atoms with Crippen LogP contribution in [0.25, 0.3) is 0 Å². The monoisotopic (exact) mass is 493 g/mol. The normalized spacial score (nSPS) is 11.6. The summed E-state index contributed by atoms with van der Waals surface area (Å²) in [5.41, 5.74) is 2.46. The molecule has 190 valence electrons. The van der Waals surface area contributed by atoms with Crippen LogP contribution in [0.15, 0.2) is 65.5 Å². The Hall–Kier alpha value is -4.20. The number of nitrogens with zero attached hydrogens (tertiary/aromatic N) is 1. The topological polar surface area (TPSA) is 118 Å². The number of esters is 1. The molecule has 8 nitrogen and oxygen atoms in total. The lowest BCUT2D eigenvalue weighted by Crippen LogP contribution is -2.29. The van der Waals surface area contributed by atoms with E-state index in [0.29, 0.717) is 30.0 Å². The summed E-state index contributed by atoms with van der Waals surface area (Å²) in [4.78, 5) is 25.9. The highest BCUT2D eigenvalue weighted by molar-refractivity contribution is 5.71. The maximum absolute atomic E-state index is 13.6. The molecule has 0 saturated carbocycles. The molecule has 0 aliphatic heterocycles. The van der Waals surface area contributed by atoms with Gasteiger partial charge in [-0.25, -0.2) is 0 Å². The van der Waals surface area contributed by atoms with Crippen LogP contribution in [0, 0.1) is 6.92 Å². The van der Waals surface area contributed by atoms with Gasteiger partial charge in [0.15, 0.2) is 11.5 Å². The van der Waals surface area contributed by atoms with E-state index in [-0.39, 0.29) is 35.8 Å². The molecule has 0 saturated heterocycles. The number of carbonyl (C=O) groups is 1. The number of hydrogen-bond donors (Lipinski definition) is 3. The number of aromatic hydroxyl groups is 3. The number of phenolic OH excluding ortho intramolecular Hbond substituents is 2. The van der Waals surface area contributed by atoms with E-state index in [0.717, 1.165) is 11.1 Å². The van der Waals surface area contributed by atoms with E-state index in [2.05, 4.69) is 6.58 Å². The molecule has 0 fully saturated rings. The average molecular weight is 494 g/mol. The summed E-state index contributed by atoms with van der Waals surface area (Å²) in [7, 11) is 1.27. The molecular formula is C28H31NO7. The van der Waals surface area contributed by atoms with Gasteiger partial charge in [-0.2, -0.15) is 0 Å². The van der Waals surface area contributed by atoms with Crippen molar-refractivity contribution < 1.29 is 29.6 Å². The van der Waals surface area contributed by atoms with Gasteiger partial charge in [0.05, 0.1) is 19.1 Å². The van der Waals surface area contributed by atoms with Crippen molar-refractivity contribution in [1.82, 2.24) is 4.57 Å². The molecule has 36 heavy (non-hydrogen) atoms. The molecule has 0 spiro atoms. The van der Waals surface area contributed by atoms with Gasteiger partial charge in [0.25, 0.3) is 5.56 Å². The third kappa shape index (κ3) is 6.27. The third-order valence-electron chi connectivity index (χ3n) is 5.90. The van der Waals surface area contributed by atoms with E-state index < -0.39 is 17.4 Å². The Balaban J connectivity index is 1.99. The lowest BCUT2D eigenvalue weighted by atomic mass is 9.88. The Morgan fingerprint density at radius 2 is 1.72 bits per heavy atom. The van der Waals surface area contributed by atoms with E-state index in [1.807, 2.05) is 6.92 Å². The quantitative estimate of drug-likeness (QED) is 0.220. The van der Waals surface area contributed by atoms with Crippen LogP contribution in [0.5, 0.6) is 23.0 Å². The number of methoxy groups -OCH3 is 1. The van der Waals surface area contributed by atoms with E-state index in [1.54, 1.807) is 37.3 Å². The molecule has 0 bridgehead atoms. The highest BCUT2D eigenvalue weighted by Crippen LogP contribution is 2.33. The lowest BCUT2D eigenvalue weighted by Gasteiger charge is -2.21. The number of phenols is 2. The number of ether oxygens (including phenoxy) is 2. The Morgan fingerprint density at radius 1 is 1.03 bits per heavy atom. The molecule has 3 rings (SSSR count). The first kappa shape index (κ1) is 26.4. The smallest absolute Gasteiger partial charge is 0.306 e. The summed E-state index contributed by atoms with van der Waals surface area (Å²) >= 11 is 0. The summed E-state index contributed by atoms with van der Waals surface area (Å²) in [5.74, 6) is -1.32. The summed E-state index contributed by atoms with van der Waals surface area (Å²) < 4.78 is 12.0. The zero-order valence-electron chi connectivity index (χ0n) is 20.7. The second-order valence-corrected chi connectivity index (χ2v) is 8.76. The number of aryl methyl sites for hydroxylation is 2. The van der Waals surface area contributed by atoms with Crippen LogP contribution >= 0.6 is 0 Å². The van der Waals surface area contributed by atoms with Crippen LogP contribution in [0.2, 0.25) is 0 Å². The standard InChI is InChI=1S/C28H31NO7/c1-17(2)16-36-21-8-6-20(7-9-21)22(15-26(33)35-4)27-25(32)13-18(3)29(28(27)34)12-11-19-5-10-23(30)24(31)14-19/h5-10,13-14,22,30-32H,1,11-12,15-16H2,2-4H3/t22-/m1/s1. The van der Waals surface area contributed by atoms with Crippen LogP contribution in [-0.2, 0) is 22.5 Å². The van der Waals surface area contributed by atoms with Crippen molar-refractivity contribution in [1.29, 1.82) is 0 Å². The first-order valence-electron chi connectivity index (χ1n) is 11.5. The van der Waals surface area contributed by atoms with Gasteiger partial charge in [-0.1, -0.05) is 24.8 Å². The highest BCUT2D eigenvalue weighted by atomic mass is 16.5. The number of hydrogen-bond acceptors (Lipinski definition) is 7. The van der Waals surface area contributed by atoms with Gasteiger partial charge in [0, 0.05) is 18.2 Å². The maximum atomic E-state index is 13.6. The largest absolute Gasteiger partial charge is 0.507 e. The molecule has 0 aliphatic carbocycles. The highest BCUT2D eigenvalue weighted by Gasteiger charge is 2.26. The Bertz CT molecular complexity index is 1310. The van der Waals surface area contributed by atoms with Crippen LogP contribution in [0.3, 0.4) is 0 Å². The van der Waals surface area contributed by atoms with E-state index in [1.165, 1.54) is 29.9 Å². The number of carbonyl (C=O) groups excluding carboxylic acids is 1. The van der Waals surface area contributed by atoms with Crippen molar-refractivity contribution in [3.05, 3.63) is 93.4 Å². The molecule has 0 unspecified atom stereocenters. The number of aromatic nitrogens is 1. The maximum Gasteiger partial charge on any atom is 0.306 e. The second kappa shape index (κ2) is 11.5. The second-order valence-electron chi connectivity index (χ2n) is 8.76. The SMILES string of the molecule is C=C(C)COc1ccc([C@@H](CC(=O)OC)c2c(O)cc(C)n(CCc3ccc(O)c(O)c3)c2=O)cc1. The summed E-state index contributed by atoms with van der Waals surface area (Å²) in [6, 6.07) is 13.0. The van der Waals surface area contributed by atoms with E-state index in [9.17, 15) is 24.9 Å². The van der Waals surface area contributed by atoms with Gasteiger partial charge in [-0.3, -0.25) is 9.59 Å².